The molecule has 68 valence electrons. The standard InChI is InChI=1S/C6H9F2N3S/c1-6(7,8)3-4-9-5(12)11(2)10-4/h3H2,1-2H3,(H,9,10,12). The van der Waals surface area contributed by atoms with Gasteiger partial charge in [0.15, 0.2) is 0 Å². The third-order valence-electron chi connectivity index (χ3n) is 1.29. The highest BCUT2D eigenvalue weighted by atomic mass is 32.1. The average Bonchev–Trinajstić information content (AvgIpc) is 2.07. The van der Waals surface area contributed by atoms with Gasteiger partial charge in [0.05, 0.1) is 6.42 Å². The Morgan fingerprint density at radius 1 is 1.67 bits per heavy atom. The van der Waals surface area contributed by atoms with Gasteiger partial charge in [-0.15, -0.1) is 0 Å². The molecule has 0 atom stereocenters. The minimum absolute atomic E-state index is 0.218. The third-order valence-corrected chi connectivity index (χ3v) is 1.66. The topological polar surface area (TPSA) is 33.6 Å². The van der Waals surface area contributed by atoms with Crippen LogP contribution in [0.3, 0.4) is 0 Å². The van der Waals surface area contributed by atoms with Gasteiger partial charge in [0.2, 0.25) is 4.77 Å². The van der Waals surface area contributed by atoms with Crippen molar-refractivity contribution in [2.75, 3.05) is 0 Å². The second kappa shape index (κ2) is 2.93. The van der Waals surface area contributed by atoms with Crippen LogP contribution in [0.1, 0.15) is 12.7 Å². The van der Waals surface area contributed by atoms with Crippen LogP contribution in [0.2, 0.25) is 0 Å². The molecule has 1 aromatic heterocycles. The van der Waals surface area contributed by atoms with Gasteiger partial charge in [-0.3, -0.25) is 9.78 Å². The Balaban J connectivity index is 2.85. The number of aryl methyl sites for hydroxylation is 1. The number of hydrogen-bond donors (Lipinski definition) is 1. The van der Waals surface area contributed by atoms with Crippen molar-refractivity contribution >= 4 is 12.2 Å². The number of aromatic nitrogens is 3. The molecule has 0 radical (unpaired) electrons. The molecule has 0 spiro atoms. The quantitative estimate of drug-likeness (QED) is 0.725. The Morgan fingerprint density at radius 2 is 2.25 bits per heavy atom. The average molecular weight is 193 g/mol. The molecule has 0 aromatic carbocycles. The predicted molar refractivity (Wildman–Crippen MR) is 42.7 cm³/mol. The van der Waals surface area contributed by atoms with E-state index in [1.165, 1.54) is 4.68 Å². The van der Waals surface area contributed by atoms with Gasteiger partial charge in [0.1, 0.15) is 5.82 Å². The fraction of sp³-hybridized carbons (Fsp3) is 0.667. The maximum atomic E-state index is 12.4. The molecular formula is C6H9F2N3S. The Hall–Kier alpha value is -0.780. The number of H-pyrrole nitrogens is 1. The summed E-state index contributed by atoms with van der Waals surface area (Å²) in [4.78, 5) is 3.74. The lowest BCUT2D eigenvalue weighted by atomic mass is 10.3. The maximum Gasteiger partial charge on any atom is 0.252 e. The van der Waals surface area contributed by atoms with Crippen molar-refractivity contribution in [3.05, 3.63) is 10.6 Å². The Kier molecular flexibility index (Phi) is 2.27. The molecule has 0 aliphatic heterocycles. The van der Waals surface area contributed by atoms with Crippen molar-refractivity contribution in [1.29, 1.82) is 0 Å². The lowest BCUT2D eigenvalue weighted by Gasteiger charge is -2.05. The van der Waals surface area contributed by atoms with Gasteiger partial charge < -0.3 is 0 Å². The molecule has 1 aromatic rings. The highest BCUT2D eigenvalue weighted by Crippen LogP contribution is 2.16. The van der Waals surface area contributed by atoms with E-state index in [-0.39, 0.29) is 10.6 Å². The Bertz CT molecular complexity index is 322. The summed E-state index contributed by atoms with van der Waals surface area (Å²) in [5.74, 6) is -2.53. The van der Waals surface area contributed by atoms with Crippen LogP contribution in [-0.2, 0) is 13.5 Å². The molecule has 0 amide bonds. The lowest BCUT2D eigenvalue weighted by Crippen LogP contribution is -2.14. The van der Waals surface area contributed by atoms with E-state index in [0.29, 0.717) is 0 Å². The van der Waals surface area contributed by atoms with E-state index >= 15 is 0 Å². The zero-order valence-electron chi connectivity index (χ0n) is 6.77. The van der Waals surface area contributed by atoms with Crippen LogP contribution in [0.5, 0.6) is 0 Å². The first-order valence-corrected chi connectivity index (χ1v) is 3.79. The second-order valence-corrected chi connectivity index (χ2v) is 3.12. The largest absolute Gasteiger partial charge is 0.283 e. The first-order chi connectivity index (χ1) is 5.38. The van der Waals surface area contributed by atoms with Gasteiger partial charge >= 0.3 is 0 Å². The molecule has 0 unspecified atom stereocenters. The van der Waals surface area contributed by atoms with Gasteiger partial charge in [-0.25, -0.2) is 13.8 Å². The molecule has 0 aliphatic carbocycles. The summed E-state index contributed by atoms with van der Waals surface area (Å²) in [6.45, 7) is 0.846. The van der Waals surface area contributed by atoms with E-state index in [1.54, 1.807) is 7.05 Å². The number of aromatic amines is 1. The van der Waals surface area contributed by atoms with Gasteiger partial charge in [-0.05, 0) is 19.1 Å². The van der Waals surface area contributed by atoms with Crippen molar-refractivity contribution in [1.82, 2.24) is 14.8 Å². The fourth-order valence-electron chi connectivity index (χ4n) is 0.830. The first-order valence-electron chi connectivity index (χ1n) is 3.38. The molecule has 0 aliphatic rings. The number of halogens is 2. The summed E-state index contributed by atoms with van der Waals surface area (Å²) in [6, 6.07) is 0. The van der Waals surface area contributed by atoms with Gasteiger partial charge in [0, 0.05) is 7.05 Å². The van der Waals surface area contributed by atoms with E-state index < -0.39 is 12.3 Å². The van der Waals surface area contributed by atoms with Crippen LogP contribution in [0.4, 0.5) is 8.78 Å². The number of hydrogen-bond acceptors (Lipinski definition) is 2. The highest BCUT2D eigenvalue weighted by Gasteiger charge is 2.23. The normalized spacial score (nSPS) is 12.0. The Labute approximate surface area is 73.4 Å². The molecule has 3 nitrogen and oxygen atoms in total. The summed E-state index contributed by atoms with van der Waals surface area (Å²) in [7, 11) is 1.63. The zero-order chi connectivity index (χ0) is 9.35. The van der Waals surface area contributed by atoms with E-state index in [0.717, 1.165) is 6.92 Å². The van der Waals surface area contributed by atoms with E-state index in [1.807, 2.05) is 0 Å². The minimum Gasteiger partial charge on any atom is -0.283 e. The van der Waals surface area contributed by atoms with Crippen LogP contribution in [0, 0.1) is 4.77 Å². The summed E-state index contributed by atoms with van der Waals surface area (Å²) < 4.78 is 26.6. The highest BCUT2D eigenvalue weighted by molar-refractivity contribution is 7.71. The minimum atomic E-state index is -2.74. The predicted octanol–water partition coefficient (Wildman–Crippen LogP) is 1.68. The fourth-order valence-corrected chi connectivity index (χ4v) is 0.986. The summed E-state index contributed by atoms with van der Waals surface area (Å²) in [5.41, 5.74) is 0. The SMILES string of the molecule is Cn1[nH]c(CC(C)(F)F)nc1=S. The molecule has 0 fully saturated rings. The van der Waals surface area contributed by atoms with Crippen LogP contribution in [0.25, 0.3) is 0 Å². The van der Waals surface area contributed by atoms with Gasteiger partial charge in [-0.2, -0.15) is 0 Å². The van der Waals surface area contributed by atoms with Crippen LogP contribution < -0.4 is 0 Å². The van der Waals surface area contributed by atoms with Crippen molar-refractivity contribution in [2.24, 2.45) is 7.05 Å². The van der Waals surface area contributed by atoms with Gasteiger partial charge in [-0.1, -0.05) is 0 Å². The second-order valence-electron chi connectivity index (χ2n) is 2.76. The van der Waals surface area contributed by atoms with Gasteiger partial charge in [0.25, 0.3) is 5.92 Å². The van der Waals surface area contributed by atoms with Crippen LogP contribution in [0.15, 0.2) is 0 Å². The summed E-state index contributed by atoms with van der Waals surface area (Å²) >= 11 is 4.74. The molecule has 0 saturated carbocycles. The van der Waals surface area contributed by atoms with E-state index in [4.69, 9.17) is 12.2 Å². The maximum absolute atomic E-state index is 12.4. The van der Waals surface area contributed by atoms with E-state index in [2.05, 4.69) is 10.1 Å². The third kappa shape index (κ3) is 2.37. The first kappa shape index (κ1) is 9.31. The van der Waals surface area contributed by atoms with Crippen molar-refractivity contribution < 1.29 is 8.78 Å². The van der Waals surface area contributed by atoms with E-state index in [9.17, 15) is 8.78 Å². The molecule has 6 heteroatoms. The molecule has 0 bridgehead atoms. The Morgan fingerprint density at radius 3 is 2.58 bits per heavy atom. The van der Waals surface area contributed by atoms with Crippen molar-refractivity contribution in [3.8, 4) is 0 Å². The molecule has 1 rings (SSSR count). The zero-order valence-corrected chi connectivity index (χ0v) is 7.58. The van der Waals surface area contributed by atoms with Crippen molar-refractivity contribution in [3.63, 3.8) is 0 Å². The summed E-state index contributed by atoms with van der Waals surface area (Å²) in [6.07, 6.45) is -0.405. The molecule has 12 heavy (non-hydrogen) atoms. The number of alkyl halides is 2. The molecule has 0 saturated heterocycles. The molecular weight excluding hydrogens is 184 g/mol. The smallest absolute Gasteiger partial charge is 0.252 e. The van der Waals surface area contributed by atoms with Crippen LogP contribution >= 0.6 is 12.2 Å². The monoisotopic (exact) mass is 193 g/mol. The van der Waals surface area contributed by atoms with Crippen molar-refractivity contribution in [2.45, 2.75) is 19.3 Å². The molecule has 1 heterocycles. The number of rotatable bonds is 2. The number of nitrogens with zero attached hydrogens (tertiary/aromatic N) is 2. The molecule has 1 N–H and O–H groups in total. The summed E-state index contributed by atoms with van der Waals surface area (Å²) in [5, 5.41) is 2.62. The lowest BCUT2D eigenvalue weighted by molar-refractivity contribution is 0.0206. The van der Waals surface area contributed by atoms with Crippen LogP contribution in [-0.4, -0.2) is 20.7 Å². The number of nitrogens with one attached hydrogen (secondary N) is 1.